The Labute approximate surface area is 175 Å². The number of furan rings is 1. The molecular weight excluding hydrogens is 408 g/mol. The van der Waals surface area contributed by atoms with E-state index in [4.69, 9.17) is 4.42 Å². The minimum absolute atomic E-state index is 0.0974. The first-order valence-corrected chi connectivity index (χ1v) is 9.66. The van der Waals surface area contributed by atoms with Gasteiger partial charge in [0.25, 0.3) is 11.6 Å². The van der Waals surface area contributed by atoms with Crippen LogP contribution in [0.4, 0.5) is 11.4 Å². The third-order valence-electron chi connectivity index (χ3n) is 3.71. The third-order valence-corrected chi connectivity index (χ3v) is 4.62. The maximum absolute atomic E-state index is 12.1. The van der Waals surface area contributed by atoms with Gasteiger partial charge in [-0.2, -0.15) is 5.10 Å². The number of thioether (sulfide) groups is 1. The Bertz CT molecular complexity index is 1080. The van der Waals surface area contributed by atoms with Gasteiger partial charge in [-0.1, -0.05) is 42.1 Å². The first-order chi connectivity index (χ1) is 14.5. The quantitative estimate of drug-likeness (QED) is 0.246. The molecule has 0 saturated heterocycles. The molecule has 30 heavy (non-hydrogen) atoms. The fourth-order valence-electron chi connectivity index (χ4n) is 2.38. The molecule has 1 aromatic heterocycles. The summed E-state index contributed by atoms with van der Waals surface area (Å²) in [5.41, 5.74) is 2.53. The lowest BCUT2D eigenvalue weighted by Crippen LogP contribution is -2.18. The Morgan fingerprint density at radius 1 is 1.07 bits per heavy atom. The van der Waals surface area contributed by atoms with Crippen LogP contribution in [-0.4, -0.2) is 28.7 Å². The molecule has 0 bridgehead atoms. The maximum atomic E-state index is 12.1. The summed E-state index contributed by atoms with van der Waals surface area (Å²) < 4.78 is 5.51. The zero-order valence-corrected chi connectivity index (χ0v) is 16.3. The van der Waals surface area contributed by atoms with Crippen molar-refractivity contribution in [1.29, 1.82) is 0 Å². The van der Waals surface area contributed by atoms with Crippen LogP contribution >= 0.6 is 11.8 Å². The van der Waals surface area contributed by atoms with Gasteiger partial charge in [-0.3, -0.25) is 19.7 Å². The van der Waals surface area contributed by atoms with Gasteiger partial charge in [0.05, 0.1) is 16.9 Å². The molecule has 0 aliphatic carbocycles. The normalized spacial score (nSPS) is 10.7. The van der Waals surface area contributed by atoms with Crippen LogP contribution in [0.1, 0.15) is 16.1 Å². The van der Waals surface area contributed by atoms with Crippen LogP contribution in [0, 0.1) is 10.1 Å². The maximum Gasteiger partial charge on any atom is 0.282 e. The molecule has 0 fully saturated rings. The van der Waals surface area contributed by atoms with E-state index in [0.29, 0.717) is 16.5 Å². The highest BCUT2D eigenvalue weighted by atomic mass is 32.2. The summed E-state index contributed by atoms with van der Waals surface area (Å²) in [4.78, 5) is 34.4. The van der Waals surface area contributed by atoms with Crippen molar-refractivity contribution in [2.75, 3.05) is 11.1 Å². The first-order valence-electron chi connectivity index (χ1n) is 8.67. The molecule has 152 valence electrons. The molecule has 0 saturated carbocycles. The van der Waals surface area contributed by atoms with Gasteiger partial charge in [-0.25, -0.2) is 5.43 Å². The largest absolute Gasteiger partial charge is 0.449 e. The van der Waals surface area contributed by atoms with Crippen molar-refractivity contribution in [1.82, 2.24) is 5.43 Å². The Kier molecular flexibility index (Phi) is 6.95. The minimum atomic E-state index is -0.711. The number of amides is 2. The molecule has 9 nitrogen and oxygen atoms in total. The second-order valence-corrected chi connectivity index (χ2v) is 6.81. The van der Waals surface area contributed by atoms with Crippen molar-refractivity contribution in [3.63, 3.8) is 0 Å². The van der Waals surface area contributed by atoms with Crippen molar-refractivity contribution in [3.8, 4) is 0 Å². The predicted octanol–water partition coefficient (Wildman–Crippen LogP) is 3.68. The van der Waals surface area contributed by atoms with Crippen LogP contribution in [0.2, 0.25) is 0 Å². The average Bonchev–Trinajstić information content (AvgIpc) is 3.20. The second kappa shape index (κ2) is 10.0. The monoisotopic (exact) mass is 424 g/mol. The molecule has 2 amide bonds. The molecule has 0 aliphatic heterocycles. The fourth-order valence-corrected chi connectivity index (χ4v) is 3.04. The van der Waals surface area contributed by atoms with Crippen LogP contribution in [-0.2, 0) is 4.79 Å². The highest BCUT2D eigenvalue weighted by molar-refractivity contribution is 7.99. The van der Waals surface area contributed by atoms with Crippen LogP contribution in [0.5, 0.6) is 0 Å². The smallest absolute Gasteiger partial charge is 0.282 e. The number of hydrazone groups is 1. The summed E-state index contributed by atoms with van der Waals surface area (Å²) in [6.45, 7) is 0. The van der Waals surface area contributed by atoms with Crippen molar-refractivity contribution >= 4 is 41.2 Å². The van der Waals surface area contributed by atoms with Crippen LogP contribution in [0.15, 0.2) is 81.3 Å². The Hall–Kier alpha value is -3.92. The van der Waals surface area contributed by atoms with E-state index in [1.54, 1.807) is 24.3 Å². The van der Waals surface area contributed by atoms with Gasteiger partial charge in [0, 0.05) is 11.8 Å². The van der Waals surface area contributed by atoms with E-state index in [-0.39, 0.29) is 22.9 Å². The molecule has 10 heteroatoms. The number of nitro groups is 1. The second-order valence-electron chi connectivity index (χ2n) is 5.83. The highest BCUT2D eigenvalue weighted by Crippen LogP contribution is 2.21. The predicted molar refractivity (Wildman–Crippen MR) is 113 cm³/mol. The number of hydrogen-bond donors (Lipinski definition) is 2. The summed E-state index contributed by atoms with van der Waals surface area (Å²) >= 11 is 1.21. The number of hydrogen-bond acceptors (Lipinski definition) is 7. The number of carbonyl (C=O) groups is 2. The number of rotatable bonds is 8. The van der Waals surface area contributed by atoms with Crippen LogP contribution < -0.4 is 10.7 Å². The highest BCUT2D eigenvalue weighted by Gasteiger charge is 2.18. The van der Waals surface area contributed by atoms with Crippen LogP contribution in [0.25, 0.3) is 0 Å². The zero-order valence-electron chi connectivity index (χ0n) is 15.5. The third kappa shape index (κ3) is 5.79. The van der Waals surface area contributed by atoms with Gasteiger partial charge >= 0.3 is 0 Å². The summed E-state index contributed by atoms with van der Waals surface area (Å²) in [5.74, 6) is -0.372. The van der Waals surface area contributed by atoms with Gasteiger partial charge in [0.1, 0.15) is 11.3 Å². The van der Waals surface area contributed by atoms with Gasteiger partial charge in [0.15, 0.2) is 5.09 Å². The Morgan fingerprint density at radius 3 is 2.57 bits per heavy atom. The van der Waals surface area contributed by atoms with Gasteiger partial charge < -0.3 is 9.73 Å². The summed E-state index contributed by atoms with van der Waals surface area (Å²) in [6.07, 6.45) is 1.26. The molecule has 0 atom stereocenters. The summed E-state index contributed by atoms with van der Waals surface area (Å²) in [6, 6.07) is 18.0. The van der Waals surface area contributed by atoms with Crippen molar-refractivity contribution < 1.29 is 18.9 Å². The lowest BCUT2D eigenvalue weighted by atomic mass is 10.2. The number of nitro benzene ring substituents is 1. The molecule has 0 spiro atoms. The molecule has 3 rings (SSSR count). The number of anilines is 1. The summed E-state index contributed by atoms with van der Waals surface area (Å²) in [7, 11) is 0. The topological polar surface area (TPSA) is 127 Å². The lowest BCUT2D eigenvalue weighted by Gasteiger charge is -2.03. The molecule has 0 aliphatic rings. The molecule has 3 aromatic rings. The first kappa shape index (κ1) is 20.8. The minimum Gasteiger partial charge on any atom is -0.449 e. The molecule has 2 N–H and O–H groups in total. The Morgan fingerprint density at radius 2 is 1.80 bits per heavy atom. The van der Waals surface area contributed by atoms with Crippen molar-refractivity contribution in [3.05, 3.63) is 88.2 Å². The van der Waals surface area contributed by atoms with E-state index < -0.39 is 10.8 Å². The number of nitrogens with one attached hydrogen (secondary N) is 2. The van der Waals surface area contributed by atoms with E-state index in [0.717, 1.165) is 0 Å². The molecular formula is C20H16N4O5S. The molecule has 0 unspecified atom stereocenters. The molecule has 0 radical (unpaired) electrons. The number of benzene rings is 2. The number of carbonyl (C=O) groups excluding carboxylic acids is 2. The lowest BCUT2D eigenvalue weighted by molar-refractivity contribution is -0.385. The zero-order chi connectivity index (χ0) is 21.3. The average molecular weight is 424 g/mol. The van der Waals surface area contributed by atoms with Gasteiger partial charge in [-0.15, -0.1) is 0 Å². The molecule has 2 aromatic carbocycles. The van der Waals surface area contributed by atoms with Crippen molar-refractivity contribution in [2.45, 2.75) is 5.09 Å². The number of para-hydroxylation sites is 2. The van der Waals surface area contributed by atoms with E-state index >= 15 is 0 Å². The summed E-state index contributed by atoms with van der Waals surface area (Å²) in [5, 5.41) is 18.0. The standard InChI is InChI=1S/C20H16N4O5S/c25-18(22-14-6-2-1-3-7-14)13-30-19-11-10-15(29-19)12-21-23-20(26)16-8-4-5-9-17(16)24(27)28/h1-12H,13H2,(H,22,25)(H,23,26)/b21-12-. The Balaban J connectivity index is 1.50. The molecule has 1 heterocycles. The van der Waals surface area contributed by atoms with Crippen molar-refractivity contribution in [2.24, 2.45) is 5.10 Å². The SMILES string of the molecule is O=C(CSc1ccc(/C=N\NC(=O)c2ccccc2[N+](=O)[O-])o1)Nc1ccccc1. The van der Waals surface area contributed by atoms with E-state index in [1.807, 2.05) is 18.2 Å². The van der Waals surface area contributed by atoms with E-state index in [9.17, 15) is 19.7 Å². The fraction of sp³-hybridized carbons (Fsp3) is 0.0500. The van der Waals surface area contributed by atoms with E-state index in [1.165, 1.54) is 42.2 Å². The van der Waals surface area contributed by atoms with Crippen LogP contribution in [0.3, 0.4) is 0 Å². The van der Waals surface area contributed by atoms with E-state index in [2.05, 4.69) is 15.8 Å². The van der Waals surface area contributed by atoms with Gasteiger partial charge in [-0.05, 0) is 30.3 Å². The number of nitrogens with zero attached hydrogens (tertiary/aromatic N) is 2. The van der Waals surface area contributed by atoms with Gasteiger partial charge in [0.2, 0.25) is 5.91 Å².